The maximum absolute atomic E-state index is 12.5. The van der Waals surface area contributed by atoms with E-state index in [4.69, 9.17) is 0 Å². The number of nitrogens with one attached hydrogen (secondary N) is 1. The van der Waals surface area contributed by atoms with Crippen LogP contribution in [0.3, 0.4) is 0 Å². The Morgan fingerprint density at radius 1 is 0.844 bits per heavy atom. The molecule has 0 radical (unpaired) electrons. The van der Waals surface area contributed by atoms with Gasteiger partial charge < -0.3 is 15.1 Å². The van der Waals surface area contributed by atoms with E-state index in [1.807, 2.05) is 12.1 Å². The van der Waals surface area contributed by atoms with E-state index in [9.17, 15) is 4.79 Å². The number of nitrogens with zero attached hydrogens (tertiary/aromatic N) is 2. The van der Waals surface area contributed by atoms with Gasteiger partial charge >= 0.3 is 0 Å². The minimum absolute atomic E-state index is 0.0863. The summed E-state index contributed by atoms with van der Waals surface area (Å²) in [6, 6.07) is 9.27. The first-order valence-electron chi connectivity index (χ1n) is 13.6. The van der Waals surface area contributed by atoms with Crippen LogP contribution in [0, 0.1) is 11.3 Å². The Labute approximate surface area is 195 Å². The van der Waals surface area contributed by atoms with Crippen molar-refractivity contribution in [1.29, 1.82) is 0 Å². The number of rotatable bonds is 6. The first-order valence-corrected chi connectivity index (χ1v) is 13.6. The summed E-state index contributed by atoms with van der Waals surface area (Å²) in [5.41, 5.74) is 2.68. The van der Waals surface area contributed by atoms with Crippen molar-refractivity contribution in [2.75, 3.05) is 37.6 Å². The number of hydrogen-bond acceptors (Lipinski definition) is 3. The minimum Gasteiger partial charge on any atom is -0.371 e. The number of hydrogen-bond donors (Lipinski definition) is 1. The minimum atomic E-state index is 0.0863. The molecular formula is C28H43N3O. The molecule has 2 saturated heterocycles. The first-order chi connectivity index (χ1) is 15.7. The predicted molar refractivity (Wildman–Crippen MR) is 132 cm³/mol. The van der Waals surface area contributed by atoms with Crippen molar-refractivity contribution in [3.63, 3.8) is 0 Å². The summed E-state index contributed by atoms with van der Waals surface area (Å²) in [5, 5.41) is 3.15. The van der Waals surface area contributed by atoms with Gasteiger partial charge in [0.25, 0.3) is 5.91 Å². The monoisotopic (exact) mass is 437 g/mol. The SMILES string of the molecule is O=C(NCCC1CCCCC1)c1ccc(N2CCC3(CC2)CCN(C2CCC2)CC3)cc1. The fourth-order valence-electron chi connectivity index (χ4n) is 6.65. The van der Waals surface area contributed by atoms with Crippen molar-refractivity contribution in [2.24, 2.45) is 11.3 Å². The highest BCUT2D eigenvalue weighted by molar-refractivity contribution is 5.94. The Morgan fingerprint density at radius 2 is 1.50 bits per heavy atom. The highest BCUT2D eigenvalue weighted by Gasteiger charge is 2.39. The van der Waals surface area contributed by atoms with E-state index in [2.05, 4.69) is 27.2 Å². The normalized spacial score (nSPS) is 24.9. The third-order valence-corrected chi connectivity index (χ3v) is 9.33. The Hall–Kier alpha value is -1.55. The summed E-state index contributed by atoms with van der Waals surface area (Å²) in [5.74, 6) is 0.905. The lowest BCUT2D eigenvalue weighted by atomic mass is 9.70. The molecule has 1 N–H and O–H groups in total. The number of likely N-dealkylation sites (tertiary alicyclic amines) is 1. The van der Waals surface area contributed by atoms with Gasteiger partial charge in [0.15, 0.2) is 0 Å². The van der Waals surface area contributed by atoms with Gasteiger partial charge in [-0.2, -0.15) is 0 Å². The van der Waals surface area contributed by atoms with Crippen LogP contribution >= 0.6 is 0 Å². The molecule has 1 aromatic carbocycles. The van der Waals surface area contributed by atoms with Gasteiger partial charge in [0.2, 0.25) is 0 Å². The van der Waals surface area contributed by atoms with Crippen LogP contribution in [0.4, 0.5) is 5.69 Å². The molecular weight excluding hydrogens is 394 g/mol. The fourth-order valence-corrected chi connectivity index (χ4v) is 6.65. The zero-order chi connectivity index (χ0) is 21.8. The van der Waals surface area contributed by atoms with Crippen molar-refractivity contribution in [3.8, 4) is 0 Å². The smallest absolute Gasteiger partial charge is 0.251 e. The van der Waals surface area contributed by atoms with Crippen LogP contribution in [0.5, 0.6) is 0 Å². The summed E-state index contributed by atoms with van der Waals surface area (Å²) in [4.78, 5) is 17.9. The Balaban J connectivity index is 1.06. The van der Waals surface area contributed by atoms with Gasteiger partial charge in [-0.3, -0.25) is 4.79 Å². The maximum atomic E-state index is 12.5. The molecule has 0 aromatic heterocycles. The van der Waals surface area contributed by atoms with Crippen LogP contribution in [-0.2, 0) is 0 Å². The molecule has 2 saturated carbocycles. The van der Waals surface area contributed by atoms with E-state index < -0.39 is 0 Å². The second-order valence-electron chi connectivity index (χ2n) is 11.2. The van der Waals surface area contributed by atoms with Crippen LogP contribution in [0.1, 0.15) is 93.8 Å². The average Bonchev–Trinajstić information content (AvgIpc) is 2.81. The topological polar surface area (TPSA) is 35.6 Å². The Morgan fingerprint density at radius 3 is 2.12 bits per heavy atom. The number of amides is 1. The molecule has 176 valence electrons. The maximum Gasteiger partial charge on any atom is 0.251 e. The number of anilines is 1. The highest BCUT2D eigenvalue weighted by atomic mass is 16.1. The zero-order valence-electron chi connectivity index (χ0n) is 20.0. The lowest BCUT2D eigenvalue weighted by Crippen LogP contribution is -2.50. The quantitative estimate of drug-likeness (QED) is 0.627. The van der Waals surface area contributed by atoms with Crippen LogP contribution in [0.2, 0.25) is 0 Å². The van der Waals surface area contributed by atoms with Crippen LogP contribution in [0.15, 0.2) is 24.3 Å². The summed E-state index contributed by atoms with van der Waals surface area (Å²) in [6.45, 7) is 5.80. The molecule has 2 heterocycles. The molecule has 1 spiro atoms. The molecule has 5 rings (SSSR count). The van der Waals surface area contributed by atoms with Gasteiger partial charge in [-0.25, -0.2) is 0 Å². The van der Waals surface area contributed by atoms with Gasteiger partial charge in [-0.1, -0.05) is 38.5 Å². The molecule has 0 atom stereocenters. The third kappa shape index (κ3) is 5.16. The van der Waals surface area contributed by atoms with Gasteiger partial charge in [-0.15, -0.1) is 0 Å². The van der Waals surface area contributed by atoms with Crippen molar-refractivity contribution in [3.05, 3.63) is 29.8 Å². The summed E-state index contributed by atoms with van der Waals surface area (Å²) in [7, 11) is 0. The molecule has 4 fully saturated rings. The summed E-state index contributed by atoms with van der Waals surface area (Å²) < 4.78 is 0. The lowest BCUT2D eigenvalue weighted by molar-refractivity contribution is 0.0306. The average molecular weight is 438 g/mol. The molecule has 1 amide bonds. The Kier molecular flexibility index (Phi) is 7.06. The van der Waals surface area contributed by atoms with E-state index >= 15 is 0 Å². The van der Waals surface area contributed by atoms with Gasteiger partial charge in [0.1, 0.15) is 0 Å². The number of piperidine rings is 2. The second-order valence-corrected chi connectivity index (χ2v) is 11.2. The molecule has 4 nitrogen and oxygen atoms in total. The van der Waals surface area contributed by atoms with Gasteiger partial charge in [0.05, 0.1) is 0 Å². The van der Waals surface area contributed by atoms with Crippen molar-refractivity contribution in [2.45, 2.75) is 89.5 Å². The summed E-state index contributed by atoms with van der Waals surface area (Å²) in [6.07, 6.45) is 17.8. The fraction of sp³-hybridized carbons (Fsp3) is 0.750. The van der Waals surface area contributed by atoms with Crippen molar-refractivity contribution in [1.82, 2.24) is 10.2 Å². The molecule has 0 bridgehead atoms. The van der Waals surface area contributed by atoms with E-state index in [0.29, 0.717) is 5.41 Å². The molecule has 32 heavy (non-hydrogen) atoms. The first kappa shape index (κ1) is 22.3. The van der Waals surface area contributed by atoms with Gasteiger partial charge in [0, 0.05) is 36.9 Å². The van der Waals surface area contributed by atoms with Crippen molar-refractivity contribution < 1.29 is 4.79 Å². The lowest BCUT2D eigenvalue weighted by Gasteiger charge is -2.50. The van der Waals surface area contributed by atoms with Crippen molar-refractivity contribution >= 4 is 11.6 Å². The van der Waals surface area contributed by atoms with Gasteiger partial charge in [-0.05, 0) is 93.6 Å². The summed E-state index contributed by atoms with van der Waals surface area (Å²) >= 11 is 0. The zero-order valence-corrected chi connectivity index (χ0v) is 20.0. The second kappa shape index (κ2) is 10.2. The Bertz CT molecular complexity index is 732. The van der Waals surface area contributed by atoms with E-state index in [-0.39, 0.29) is 5.91 Å². The molecule has 2 aliphatic heterocycles. The van der Waals surface area contributed by atoms with E-state index in [0.717, 1.165) is 43.6 Å². The van der Waals surface area contributed by atoms with E-state index in [1.165, 1.54) is 95.8 Å². The highest BCUT2D eigenvalue weighted by Crippen LogP contribution is 2.43. The van der Waals surface area contributed by atoms with Crippen LogP contribution < -0.4 is 10.2 Å². The number of benzene rings is 1. The van der Waals surface area contributed by atoms with Crippen LogP contribution in [-0.4, -0.2) is 49.6 Å². The number of carbonyl (C=O) groups excluding carboxylic acids is 1. The third-order valence-electron chi connectivity index (χ3n) is 9.33. The molecule has 0 unspecified atom stereocenters. The standard InChI is InChI=1S/C28H43N3O/c32-27(29-18-13-23-5-2-1-3-6-23)24-9-11-26(12-10-24)31-21-16-28(17-22-31)14-19-30(20-15-28)25-7-4-8-25/h9-12,23,25H,1-8,13-22H2,(H,29,32). The molecule has 4 aliphatic rings. The predicted octanol–water partition coefficient (Wildman–Crippen LogP) is 5.62. The molecule has 4 heteroatoms. The molecule has 1 aromatic rings. The number of carbonyl (C=O) groups is 1. The molecule has 2 aliphatic carbocycles. The van der Waals surface area contributed by atoms with E-state index in [1.54, 1.807) is 0 Å². The largest absolute Gasteiger partial charge is 0.371 e. The van der Waals surface area contributed by atoms with Crippen LogP contribution in [0.25, 0.3) is 0 Å².